The molecule has 0 aliphatic carbocycles. The van der Waals surface area contributed by atoms with Crippen molar-refractivity contribution < 1.29 is 4.79 Å². The van der Waals surface area contributed by atoms with Crippen LogP contribution in [0.5, 0.6) is 0 Å². The molecule has 0 spiro atoms. The smallest absolute Gasteiger partial charge is 0.254 e. The van der Waals surface area contributed by atoms with Crippen LogP contribution in [-0.4, -0.2) is 42.6 Å². The molecule has 0 aromatic carbocycles. The van der Waals surface area contributed by atoms with Gasteiger partial charge in [-0.3, -0.25) is 18.9 Å². The van der Waals surface area contributed by atoms with E-state index in [4.69, 9.17) is 0 Å². The molecule has 2 N–H and O–H groups in total. The molecule has 1 atom stereocenters. The Bertz CT molecular complexity index is 943. The van der Waals surface area contributed by atoms with E-state index < -0.39 is 0 Å². The van der Waals surface area contributed by atoms with Gasteiger partial charge in [0.1, 0.15) is 0 Å². The Hall–Kier alpha value is -2.74. The normalized spacial score (nSPS) is 16.6. The predicted molar refractivity (Wildman–Crippen MR) is 101 cm³/mol. The van der Waals surface area contributed by atoms with Crippen LogP contribution >= 0.6 is 0 Å². The summed E-state index contributed by atoms with van der Waals surface area (Å²) in [7, 11) is 0. The molecule has 0 saturated carbocycles. The van der Waals surface area contributed by atoms with Gasteiger partial charge < -0.3 is 10.6 Å². The monoisotopic (exact) mass is 367 g/mol. The van der Waals surface area contributed by atoms with Crippen LogP contribution in [0.1, 0.15) is 42.0 Å². The minimum Gasteiger partial charge on any atom is -0.350 e. The highest BCUT2D eigenvalue weighted by Crippen LogP contribution is 2.23. The summed E-state index contributed by atoms with van der Waals surface area (Å²) in [5, 5.41) is 10.9. The Labute approximate surface area is 158 Å². The lowest BCUT2D eigenvalue weighted by atomic mass is 9.94. The number of hydrogen-bond donors (Lipinski definition) is 2. The number of aryl methyl sites for hydroxylation is 1. The molecule has 27 heavy (non-hydrogen) atoms. The predicted octanol–water partition coefficient (Wildman–Crippen LogP) is 1.42. The topological polar surface area (TPSA) is 89.1 Å². The molecule has 0 fully saturated rings. The van der Waals surface area contributed by atoms with E-state index >= 15 is 0 Å². The molecule has 0 radical (unpaired) electrons. The fraction of sp³-hybridized carbons (Fsp3) is 0.474. The largest absolute Gasteiger partial charge is 0.350 e. The van der Waals surface area contributed by atoms with Crippen LogP contribution in [0.15, 0.2) is 31.0 Å². The quantitative estimate of drug-likeness (QED) is 0.688. The second-order valence-electron chi connectivity index (χ2n) is 7.40. The number of carbonyl (C=O) groups is 1. The zero-order valence-corrected chi connectivity index (χ0v) is 15.7. The maximum atomic E-state index is 12.4. The number of aromatic nitrogens is 5. The van der Waals surface area contributed by atoms with Gasteiger partial charge in [-0.25, -0.2) is 4.98 Å². The molecule has 4 rings (SSSR count). The van der Waals surface area contributed by atoms with Gasteiger partial charge in [0.15, 0.2) is 5.65 Å². The van der Waals surface area contributed by atoms with Crippen LogP contribution in [0.3, 0.4) is 0 Å². The van der Waals surface area contributed by atoms with Gasteiger partial charge in [-0.2, -0.15) is 5.10 Å². The van der Waals surface area contributed by atoms with E-state index in [0.717, 1.165) is 49.5 Å². The molecular weight excluding hydrogens is 342 g/mol. The fourth-order valence-electron chi connectivity index (χ4n) is 3.63. The summed E-state index contributed by atoms with van der Waals surface area (Å²) in [4.78, 5) is 20.9. The van der Waals surface area contributed by atoms with Gasteiger partial charge in [-0.1, -0.05) is 0 Å². The van der Waals surface area contributed by atoms with Crippen molar-refractivity contribution in [3.05, 3.63) is 47.9 Å². The molecule has 3 aromatic rings. The maximum absolute atomic E-state index is 12.4. The van der Waals surface area contributed by atoms with Crippen LogP contribution in [0, 0.1) is 5.92 Å². The Balaban J connectivity index is 1.37. The van der Waals surface area contributed by atoms with E-state index in [0.29, 0.717) is 11.5 Å². The molecule has 1 unspecified atom stereocenters. The van der Waals surface area contributed by atoms with Crippen molar-refractivity contribution in [2.24, 2.45) is 5.92 Å². The van der Waals surface area contributed by atoms with E-state index in [1.165, 1.54) is 0 Å². The van der Waals surface area contributed by atoms with Crippen LogP contribution in [-0.2, 0) is 19.5 Å². The molecule has 3 aromatic heterocycles. The molecule has 142 valence electrons. The Morgan fingerprint density at radius 1 is 1.33 bits per heavy atom. The minimum atomic E-state index is -0.0285. The first-order valence-electron chi connectivity index (χ1n) is 9.44. The third kappa shape index (κ3) is 3.71. The van der Waals surface area contributed by atoms with Crippen LogP contribution in [0.2, 0.25) is 0 Å². The second-order valence-corrected chi connectivity index (χ2v) is 7.40. The minimum absolute atomic E-state index is 0.0285. The number of rotatable bonds is 6. The molecule has 8 nitrogen and oxygen atoms in total. The summed E-state index contributed by atoms with van der Waals surface area (Å²) in [6, 6.07) is 0.120. The summed E-state index contributed by atoms with van der Waals surface area (Å²) < 4.78 is 4.02. The van der Waals surface area contributed by atoms with Crippen molar-refractivity contribution in [2.75, 3.05) is 6.54 Å². The van der Waals surface area contributed by atoms with Crippen molar-refractivity contribution in [3.63, 3.8) is 0 Å². The van der Waals surface area contributed by atoms with Crippen LogP contribution < -0.4 is 10.6 Å². The SMILES string of the molecule is CC(C)NC(=O)c1cnn2c1CC(CNCc1cnc3cnccn13)CC2. The molecule has 8 heteroatoms. The Morgan fingerprint density at radius 2 is 2.22 bits per heavy atom. The van der Waals surface area contributed by atoms with Gasteiger partial charge in [0.05, 0.1) is 35.5 Å². The van der Waals surface area contributed by atoms with Crippen molar-refractivity contribution in [3.8, 4) is 0 Å². The summed E-state index contributed by atoms with van der Waals surface area (Å²) in [6.45, 7) is 6.45. The number of nitrogens with zero attached hydrogens (tertiary/aromatic N) is 5. The molecule has 1 aliphatic heterocycles. The molecule has 1 aliphatic rings. The molecular formula is C19H25N7O. The number of hydrogen-bond acceptors (Lipinski definition) is 5. The summed E-state index contributed by atoms with van der Waals surface area (Å²) >= 11 is 0. The number of carbonyl (C=O) groups excluding carboxylic acids is 1. The Kier molecular flexibility index (Phi) is 4.89. The highest BCUT2D eigenvalue weighted by molar-refractivity contribution is 5.95. The summed E-state index contributed by atoms with van der Waals surface area (Å²) in [6.07, 6.45) is 11.0. The lowest BCUT2D eigenvalue weighted by Crippen LogP contribution is -2.33. The van der Waals surface area contributed by atoms with Gasteiger partial charge in [0.25, 0.3) is 5.91 Å². The lowest BCUT2D eigenvalue weighted by Gasteiger charge is -2.24. The third-order valence-corrected chi connectivity index (χ3v) is 4.98. The second kappa shape index (κ2) is 7.48. The van der Waals surface area contributed by atoms with Crippen molar-refractivity contribution in [2.45, 2.75) is 45.8 Å². The summed E-state index contributed by atoms with van der Waals surface area (Å²) in [5.74, 6) is 0.458. The standard InChI is InChI=1S/C19H25N7O/c1-13(2)24-19(27)16-11-23-26-5-3-14(7-17(16)26)8-21-9-15-10-22-18-12-20-4-6-25(15)18/h4,6,10-14,21H,3,5,7-9H2,1-2H3,(H,24,27). The third-order valence-electron chi connectivity index (χ3n) is 4.98. The average molecular weight is 367 g/mol. The number of nitrogens with one attached hydrogen (secondary N) is 2. The number of amides is 1. The molecule has 0 bridgehead atoms. The number of imidazole rings is 1. The van der Waals surface area contributed by atoms with Gasteiger partial charge in [-0.05, 0) is 39.2 Å². The zero-order valence-electron chi connectivity index (χ0n) is 15.7. The van der Waals surface area contributed by atoms with Gasteiger partial charge in [0, 0.05) is 31.5 Å². The Morgan fingerprint density at radius 3 is 3.07 bits per heavy atom. The van der Waals surface area contributed by atoms with E-state index in [1.54, 1.807) is 18.6 Å². The number of fused-ring (bicyclic) bond motifs is 2. The zero-order chi connectivity index (χ0) is 18.8. The van der Waals surface area contributed by atoms with E-state index in [2.05, 4.69) is 25.7 Å². The van der Waals surface area contributed by atoms with Crippen molar-refractivity contribution in [1.82, 2.24) is 34.8 Å². The van der Waals surface area contributed by atoms with Crippen molar-refractivity contribution >= 4 is 11.6 Å². The molecule has 4 heterocycles. The van der Waals surface area contributed by atoms with Crippen molar-refractivity contribution in [1.29, 1.82) is 0 Å². The highest BCUT2D eigenvalue weighted by Gasteiger charge is 2.25. The molecule has 1 amide bonds. The van der Waals surface area contributed by atoms with E-state index in [9.17, 15) is 4.79 Å². The first-order chi connectivity index (χ1) is 13.1. The maximum Gasteiger partial charge on any atom is 0.254 e. The molecule has 0 saturated heterocycles. The van der Waals surface area contributed by atoms with E-state index in [1.807, 2.05) is 35.3 Å². The van der Waals surface area contributed by atoms with Gasteiger partial charge in [-0.15, -0.1) is 0 Å². The van der Waals surface area contributed by atoms with Crippen LogP contribution in [0.25, 0.3) is 5.65 Å². The van der Waals surface area contributed by atoms with E-state index in [-0.39, 0.29) is 11.9 Å². The average Bonchev–Trinajstić information content (AvgIpc) is 3.25. The first kappa shape index (κ1) is 17.7. The van der Waals surface area contributed by atoms with Gasteiger partial charge >= 0.3 is 0 Å². The van der Waals surface area contributed by atoms with Crippen LogP contribution in [0.4, 0.5) is 0 Å². The lowest BCUT2D eigenvalue weighted by molar-refractivity contribution is 0.0941. The van der Waals surface area contributed by atoms with Gasteiger partial charge in [0.2, 0.25) is 0 Å². The summed E-state index contributed by atoms with van der Waals surface area (Å²) in [5.41, 5.74) is 3.73. The highest BCUT2D eigenvalue weighted by atomic mass is 16.1. The first-order valence-corrected chi connectivity index (χ1v) is 9.44. The fourth-order valence-corrected chi connectivity index (χ4v) is 3.63.